The summed E-state index contributed by atoms with van der Waals surface area (Å²) in [6.45, 7) is 15.1. The molecule has 0 unspecified atom stereocenters. The number of rotatable bonds is 4. The van der Waals surface area contributed by atoms with E-state index < -0.39 is 0 Å². The summed E-state index contributed by atoms with van der Waals surface area (Å²) in [5.74, 6) is 0.212. The summed E-state index contributed by atoms with van der Waals surface area (Å²) < 4.78 is 0. The zero-order valence-corrected chi connectivity index (χ0v) is 11.7. The second kappa shape index (κ2) is 5.85. The Morgan fingerprint density at radius 1 is 1.28 bits per heavy atom. The first-order chi connectivity index (χ1) is 8.37. The molecule has 0 aromatic heterocycles. The molecule has 1 amide bonds. The molecule has 2 nitrogen and oxygen atoms in total. The summed E-state index contributed by atoms with van der Waals surface area (Å²) in [7, 11) is 0. The van der Waals surface area contributed by atoms with Gasteiger partial charge in [-0.3, -0.25) is 4.79 Å². The van der Waals surface area contributed by atoms with Gasteiger partial charge in [0, 0.05) is 19.5 Å². The Kier molecular flexibility index (Phi) is 4.71. The van der Waals surface area contributed by atoms with Gasteiger partial charge in [-0.1, -0.05) is 58.2 Å². The van der Waals surface area contributed by atoms with Crippen LogP contribution in [0.4, 0.5) is 0 Å². The first-order valence-electron chi connectivity index (χ1n) is 6.28. The average molecular weight is 245 g/mol. The number of hydrogen-bond donors (Lipinski definition) is 0. The molecule has 2 heteroatoms. The van der Waals surface area contributed by atoms with Crippen molar-refractivity contribution < 1.29 is 4.79 Å². The highest BCUT2D eigenvalue weighted by Gasteiger charge is 2.26. The number of carbonyl (C=O) groups excluding carboxylic acids is 1. The van der Waals surface area contributed by atoms with Gasteiger partial charge in [-0.25, -0.2) is 0 Å². The number of carbonyl (C=O) groups is 1. The van der Waals surface area contributed by atoms with Crippen molar-refractivity contribution in [3.05, 3.63) is 48.6 Å². The highest BCUT2D eigenvalue weighted by molar-refractivity contribution is 5.78. The first kappa shape index (κ1) is 14.5. The zero-order valence-electron chi connectivity index (χ0n) is 11.7. The third kappa shape index (κ3) is 4.02. The van der Waals surface area contributed by atoms with Crippen LogP contribution >= 0.6 is 0 Å². The minimum Gasteiger partial charge on any atom is -0.334 e. The van der Waals surface area contributed by atoms with Crippen molar-refractivity contribution in [2.75, 3.05) is 13.1 Å². The fourth-order valence-electron chi connectivity index (χ4n) is 1.95. The minimum atomic E-state index is 0.0329. The Morgan fingerprint density at radius 3 is 2.39 bits per heavy atom. The van der Waals surface area contributed by atoms with Gasteiger partial charge in [0.25, 0.3) is 0 Å². The van der Waals surface area contributed by atoms with Crippen molar-refractivity contribution >= 4 is 5.91 Å². The van der Waals surface area contributed by atoms with Gasteiger partial charge in [0.2, 0.25) is 5.91 Å². The molecule has 0 radical (unpaired) electrons. The van der Waals surface area contributed by atoms with Crippen molar-refractivity contribution in [1.29, 1.82) is 0 Å². The normalized spacial score (nSPS) is 16.5. The van der Waals surface area contributed by atoms with Crippen LogP contribution in [0.15, 0.2) is 48.6 Å². The third-order valence-corrected chi connectivity index (χ3v) is 2.85. The van der Waals surface area contributed by atoms with E-state index in [1.54, 1.807) is 6.08 Å². The Labute approximate surface area is 110 Å². The highest BCUT2D eigenvalue weighted by Crippen LogP contribution is 2.24. The summed E-state index contributed by atoms with van der Waals surface area (Å²) in [6, 6.07) is 0. The van der Waals surface area contributed by atoms with Crippen molar-refractivity contribution in [3.8, 4) is 0 Å². The van der Waals surface area contributed by atoms with Crippen LogP contribution in [0.25, 0.3) is 0 Å². The van der Waals surface area contributed by atoms with E-state index in [-0.39, 0.29) is 11.3 Å². The predicted octanol–water partition coefficient (Wildman–Crippen LogP) is 3.49. The molecule has 0 saturated carbocycles. The van der Waals surface area contributed by atoms with Crippen LogP contribution in [0.1, 0.15) is 27.2 Å². The molecule has 0 aliphatic carbocycles. The maximum atomic E-state index is 12.2. The number of hydrogen-bond acceptors (Lipinski definition) is 1. The molecular weight excluding hydrogens is 222 g/mol. The van der Waals surface area contributed by atoms with Gasteiger partial charge in [-0.15, -0.1) is 0 Å². The Morgan fingerprint density at radius 2 is 1.89 bits per heavy atom. The van der Waals surface area contributed by atoms with Crippen LogP contribution in [0.2, 0.25) is 0 Å². The number of nitrogens with zero attached hydrogens (tertiary/aromatic N) is 1. The molecule has 0 aromatic rings. The van der Waals surface area contributed by atoms with Crippen molar-refractivity contribution in [2.24, 2.45) is 5.41 Å². The molecule has 0 N–H and O–H groups in total. The first-order valence-corrected chi connectivity index (χ1v) is 6.28. The monoisotopic (exact) mass is 245 g/mol. The molecule has 0 atom stereocenters. The van der Waals surface area contributed by atoms with Gasteiger partial charge >= 0.3 is 0 Å². The van der Waals surface area contributed by atoms with Gasteiger partial charge < -0.3 is 4.90 Å². The largest absolute Gasteiger partial charge is 0.334 e. The Bertz CT molecular complexity index is 407. The summed E-state index contributed by atoms with van der Waals surface area (Å²) in [5.41, 5.74) is 2.33. The van der Waals surface area contributed by atoms with E-state index >= 15 is 0 Å². The smallest absolute Gasteiger partial charge is 0.223 e. The van der Waals surface area contributed by atoms with Gasteiger partial charge in [0.1, 0.15) is 0 Å². The second-order valence-corrected chi connectivity index (χ2v) is 5.84. The van der Waals surface area contributed by atoms with Gasteiger partial charge in [-0.2, -0.15) is 0 Å². The van der Waals surface area contributed by atoms with Crippen LogP contribution in [-0.2, 0) is 4.79 Å². The lowest BCUT2D eigenvalue weighted by Crippen LogP contribution is -2.32. The molecule has 18 heavy (non-hydrogen) atoms. The minimum absolute atomic E-state index is 0.0329. The van der Waals surface area contributed by atoms with Gasteiger partial charge in [0.15, 0.2) is 0 Å². The van der Waals surface area contributed by atoms with Crippen molar-refractivity contribution in [2.45, 2.75) is 27.2 Å². The summed E-state index contributed by atoms with van der Waals surface area (Å²) in [4.78, 5) is 14.1. The molecule has 0 bridgehead atoms. The van der Waals surface area contributed by atoms with E-state index in [4.69, 9.17) is 0 Å². The Hall–Kier alpha value is -1.57. The van der Waals surface area contributed by atoms with Crippen molar-refractivity contribution in [1.82, 2.24) is 4.90 Å². The molecular formula is C16H23NO. The lowest BCUT2D eigenvalue weighted by atomic mass is 9.91. The topological polar surface area (TPSA) is 20.3 Å². The molecule has 1 rings (SSSR count). The van der Waals surface area contributed by atoms with Gasteiger partial charge in [-0.05, 0) is 16.6 Å². The van der Waals surface area contributed by atoms with E-state index in [0.717, 1.165) is 11.1 Å². The molecule has 1 aliphatic heterocycles. The van der Waals surface area contributed by atoms with Gasteiger partial charge in [0.05, 0.1) is 0 Å². The third-order valence-electron chi connectivity index (χ3n) is 2.85. The zero-order chi connectivity index (χ0) is 13.8. The van der Waals surface area contributed by atoms with E-state index in [9.17, 15) is 4.79 Å². The predicted molar refractivity (Wildman–Crippen MR) is 77.2 cm³/mol. The van der Waals surface area contributed by atoms with Crippen LogP contribution in [0, 0.1) is 5.41 Å². The lowest BCUT2D eigenvalue weighted by molar-refractivity contribution is -0.131. The summed E-state index contributed by atoms with van der Waals surface area (Å²) >= 11 is 0. The molecule has 0 aromatic carbocycles. The molecule has 98 valence electrons. The fraction of sp³-hybridized carbons (Fsp3) is 0.438. The highest BCUT2D eigenvalue weighted by atomic mass is 16.2. The lowest BCUT2D eigenvalue weighted by Gasteiger charge is -2.23. The van der Waals surface area contributed by atoms with E-state index in [1.165, 1.54) is 0 Å². The van der Waals surface area contributed by atoms with Crippen LogP contribution in [-0.4, -0.2) is 23.9 Å². The van der Waals surface area contributed by atoms with E-state index in [2.05, 4.69) is 33.9 Å². The van der Waals surface area contributed by atoms with Crippen molar-refractivity contribution in [3.63, 3.8) is 0 Å². The quantitative estimate of drug-likeness (QED) is 0.694. The van der Waals surface area contributed by atoms with Crippen LogP contribution < -0.4 is 0 Å². The molecule has 1 aliphatic rings. The second-order valence-electron chi connectivity index (χ2n) is 5.84. The molecule has 0 saturated heterocycles. The maximum Gasteiger partial charge on any atom is 0.223 e. The molecule has 0 fully saturated rings. The number of amides is 1. The van der Waals surface area contributed by atoms with E-state index in [1.807, 2.05) is 23.1 Å². The van der Waals surface area contributed by atoms with Crippen LogP contribution in [0.3, 0.4) is 0 Å². The standard InChI is InChI=1S/C16H23NO/c1-6-8-9-14-12-17(11-13(14)7-2)15(18)10-16(3,4)5/h6-9H,1-2,10-12H2,3-5H3/b9-8+. The Balaban J connectivity index is 2.72. The number of allylic oxidation sites excluding steroid dienone is 2. The maximum absolute atomic E-state index is 12.2. The summed E-state index contributed by atoms with van der Waals surface area (Å²) in [5, 5.41) is 0. The molecule has 1 heterocycles. The van der Waals surface area contributed by atoms with Crippen LogP contribution in [0.5, 0.6) is 0 Å². The SMILES string of the molecule is C=C/C=C/C1=C(C=C)CN(C(=O)CC(C)(C)C)C1. The average Bonchev–Trinajstić information content (AvgIpc) is 2.67. The fourth-order valence-corrected chi connectivity index (χ4v) is 1.95. The molecule has 0 spiro atoms. The van der Waals surface area contributed by atoms with E-state index in [0.29, 0.717) is 19.5 Å². The summed E-state index contributed by atoms with van der Waals surface area (Å²) in [6.07, 6.45) is 8.07.